The lowest BCUT2D eigenvalue weighted by Gasteiger charge is -2.21. The number of carboxylic acid groups (broad SMARTS) is 3. The van der Waals surface area contributed by atoms with Crippen LogP contribution >= 0.6 is 0 Å². The van der Waals surface area contributed by atoms with E-state index in [1.807, 2.05) is 0 Å². The normalized spacial score (nSPS) is 12.4. The van der Waals surface area contributed by atoms with Gasteiger partial charge in [0.25, 0.3) is 0 Å². The fourth-order valence-corrected chi connectivity index (χ4v) is 4.26. The summed E-state index contributed by atoms with van der Waals surface area (Å²) in [5.41, 5.74) is 0. The molecule has 0 radical (unpaired) electrons. The average Bonchev–Trinajstić information content (AvgIpc) is 2.86. The van der Waals surface area contributed by atoms with E-state index in [0.717, 1.165) is 19.3 Å². The number of hydrogen-bond acceptors (Lipinski definition) is 5. The third kappa shape index (κ3) is 21.4. The van der Waals surface area contributed by atoms with E-state index in [1.54, 1.807) is 0 Å². The van der Waals surface area contributed by atoms with Crippen molar-refractivity contribution in [3.63, 3.8) is 0 Å². The third-order valence-corrected chi connectivity index (χ3v) is 6.57. The molecule has 0 rings (SSSR count). The van der Waals surface area contributed by atoms with E-state index in [9.17, 15) is 29.1 Å². The van der Waals surface area contributed by atoms with Crippen LogP contribution in [-0.2, 0) is 24.0 Å². The van der Waals surface area contributed by atoms with Crippen LogP contribution in [-0.4, -0.2) is 57.1 Å². The zero-order valence-electron chi connectivity index (χ0n) is 23.2. The van der Waals surface area contributed by atoms with E-state index in [2.05, 4.69) is 17.6 Å². The number of carboxylic acids is 3. The van der Waals surface area contributed by atoms with E-state index in [4.69, 9.17) is 10.2 Å². The summed E-state index contributed by atoms with van der Waals surface area (Å²) in [7, 11) is 0. The molecule has 2 atom stereocenters. The van der Waals surface area contributed by atoms with E-state index in [-0.39, 0.29) is 25.7 Å². The molecule has 5 N–H and O–H groups in total. The van der Waals surface area contributed by atoms with Gasteiger partial charge in [0.1, 0.15) is 12.1 Å². The van der Waals surface area contributed by atoms with Gasteiger partial charge in [-0.25, -0.2) is 4.79 Å². The third-order valence-electron chi connectivity index (χ3n) is 6.57. The Morgan fingerprint density at radius 1 is 0.526 bits per heavy atom. The summed E-state index contributed by atoms with van der Waals surface area (Å²) >= 11 is 0. The predicted molar refractivity (Wildman–Crippen MR) is 145 cm³/mol. The molecule has 220 valence electrons. The van der Waals surface area contributed by atoms with Crippen molar-refractivity contribution in [3.8, 4) is 0 Å². The number of unbranched alkanes of at least 4 members (excludes halogenated alkanes) is 14. The van der Waals surface area contributed by atoms with Gasteiger partial charge in [-0.2, -0.15) is 0 Å². The highest BCUT2D eigenvalue weighted by Crippen LogP contribution is 2.14. The van der Waals surface area contributed by atoms with Gasteiger partial charge < -0.3 is 26.0 Å². The minimum atomic E-state index is -1.45. The van der Waals surface area contributed by atoms with Crippen LogP contribution in [0.15, 0.2) is 0 Å². The Kier molecular flexibility index (Phi) is 21.8. The van der Waals surface area contributed by atoms with Crippen molar-refractivity contribution in [2.24, 2.45) is 0 Å². The van der Waals surface area contributed by atoms with Crippen molar-refractivity contribution in [1.29, 1.82) is 0 Å². The molecule has 0 aromatic rings. The average molecular weight is 543 g/mol. The predicted octanol–water partition coefficient (Wildman–Crippen LogP) is 5.03. The van der Waals surface area contributed by atoms with Crippen molar-refractivity contribution >= 4 is 29.7 Å². The maximum absolute atomic E-state index is 12.5. The second-order valence-electron chi connectivity index (χ2n) is 10.1. The Labute approximate surface area is 227 Å². The summed E-state index contributed by atoms with van der Waals surface area (Å²) in [5.74, 6) is -5.00. The van der Waals surface area contributed by atoms with Crippen molar-refractivity contribution in [1.82, 2.24) is 10.6 Å². The number of aliphatic carboxylic acids is 3. The summed E-state index contributed by atoms with van der Waals surface area (Å²) in [5, 5.41) is 31.6. The molecular weight excluding hydrogens is 492 g/mol. The topological polar surface area (TPSA) is 170 Å². The standard InChI is InChI=1S/C28H50N2O8/c1-2-3-4-5-6-7-8-9-10-11-12-13-14-15-16-17-24(31)29-22(18-20-25(32)33)27(36)30-23(28(37)38)19-21-26(34)35/h22-23H,2-21H2,1H3,(H,29,31)(H,30,36)(H,32,33)(H,34,35)(H,37,38)/t22-,23-/m0/s1. The van der Waals surface area contributed by atoms with Gasteiger partial charge >= 0.3 is 17.9 Å². The summed E-state index contributed by atoms with van der Waals surface area (Å²) in [6.07, 6.45) is 16.9. The Morgan fingerprint density at radius 3 is 1.32 bits per heavy atom. The zero-order chi connectivity index (χ0) is 28.6. The molecule has 2 amide bonds. The molecule has 0 aromatic heterocycles. The lowest BCUT2D eigenvalue weighted by atomic mass is 10.0. The van der Waals surface area contributed by atoms with Gasteiger partial charge in [-0.15, -0.1) is 0 Å². The molecule has 0 saturated heterocycles. The van der Waals surface area contributed by atoms with Crippen LogP contribution in [0.5, 0.6) is 0 Å². The van der Waals surface area contributed by atoms with Crippen LogP contribution in [0.1, 0.15) is 135 Å². The minimum absolute atomic E-state index is 0.191. The largest absolute Gasteiger partial charge is 0.481 e. The van der Waals surface area contributed by atoms with Crippen molar-refractivity contribution in [2.45, 2.75) is 147 Å². The molecule has 10 heteroatoms. The first-order valence-corrected chi connectivity index (χ1v) is 14.4. The van der Waals surface area contributed by atoms with Crippen LogP contribution in [0.25, 0.3) is 0 Å². The molecule has 0 saturated carbocycles. The molecule has 0 unspecified atom stereocenters. The first kappa shape index (κ1) is 35.4. The Balaban J connectivity index is 4.16. The summed E-state index contributed by atoms with van der Waals surface area (Å²) in [6, 6.07) is -2.65. The first-order chi connectivity index (χ1) is 18.2. The Morgan fingerprint density at radius 2 is 0.921 bits per heavy atom. The first-order valence-electron chi connectivity index (χ1n) is 14.4. The smallest absolute Gasteiger partial charge is 0.326 e. The maximum atomic E-state index is 12.5. The van der Waals surface area contributed by atoms with Crippen LogP contribution in [0.2, 0.25) is 0 Å². The number of carbonyl (C=O) groups is 5. The molecule has 0 spiro atoms. The number of amides is 2. The van der Waals surface area contributed by atoms with Crippen molar-refractivity contribution in [2.75, 3.05) is 0 Å². The summed E-state index contributed by atoms with van der Waals surface area (Å²) in [6.45, 7) is 2.24. The highest BCUT2D eigenvalue weighted by atomic mass is 16.4. The van der Waals surface area contributed by atoms with Crippen LogP contribution in [0.4, 0.5) is 0 Å². The van der Waals surface area contributed by atoms with Crippen molar-refractivity contribution < 1.29 is 39.3 Å². The van der Waals surface area contributed by atoms with Crippen molar-refractivity contribution in [3.05, 3.63) is 0 Å². The second kappa shape index (κ2) is 23.5. The molecule has 0 aliphatic heterocycles. The summed E-state index contributed by atoms with van der Waals surface area (Å²) < 4.78 is 0. The number of carbonyl (C=O) groups excluding carboxylic acids is 2. The fraction of sp³-hybridized carbons (Fsp3) is 0.821. The van der Waals surface area contributed by atoms with Gasteiger partial charge in [-0.1, -0.05) is 96.8 Å². The highest BCUT2D eigenvalue weighted by molar-refractivity contribution is 5.90. The van der Waals surface area contributed by atoms with Gasteiger partial charge in [0.15, 0.2) is 0 Å². The Bertz CT molecular complexity index is 698. The van der Waals surface area contributed by atoms with Gasteiger partial charge in [-0.05, 0) is 19.3 Å². The quantitative estimate of drug-likeness (QED) is 0.0947. The SMILES string of the molecule is CCCCCCCCCCCCCCCCCC(=O)N[C@@H](CCC(=O)O)C(=O)N[C@@H](CCC(=O)O)C(=O)O. The zero-order valence-corrected chi connectivity index (χ0v) is 23.2. The van der Waals surface area contributed by atoms with E-state index < -0.39 is 48.2 Å². The van der Waals surface area contributed by atoms with E-state index >= 15 is 0 Å². The number of nitrogens with one attached hydrogen (secondary N) is 2. The van der Waals surface area contributed by atoms with Gasteiger partial charge in [0.2, 0.25) is 11.8 Å². The van der Waals surface area contributed by atoms with Crippen LogP contribution in [0, 0.1) is 0 Å². The lowest BCUT2D eigenvalue weighted by Crippen LogP contribution is -2.51. The minimum Gasteiger partial charge on any atom is -0.481 e. The number of rotatable bonds is 26. The van der Waals surface area contributed by atoms with E-state index in [1.165, 1.54) is 70.6 Å². The van der Waals surface area contributed by atoms with Crippen LogP contribution < -0.4 is 10.6 Å². The second-order valence-corrected chi connectivity index (χ2v) is 10.1. The summed E-state index contributed by atoms with van der Waals surface area (Å²) in [4.78, 5) is 57.9. The fourth-order valence-electron chi connectivity index (χ4n) is 4.26. The maximum Gasteiger partial charge on any atom is 0.326 e. The van der Waals surface area contributed by atoms with Gasteiger partial charge in [0, 0.05) is 19.3 Å². The van der Waals surface area contributed by atoms with Gasteiger partial charge in [0.05, 0.1) is 0 Å². The molecule has 10 nitrogen and oxygen atoms in total. The molecule has 0 fully saturated rings. The molecule has 0 aromatic carbocycles. The molecule has 0 aliphatic rings. The number of hydrogen-bond donors (Lipinski definition) is 5. The molecular formula is C28H50N2O8. The molecule has 38 heavy (non-hydrogen) atoms. The van der Waals surface area contributed by atoms with E-state index in [0.29, 0.717) is 6.42 Å². The molecule has 0 bridgehead atoms. The van der Waals surface area contributed by atoms with Gasteiger partial charge in [-0.3, -0.25) is 19.2 Å². The molecule has 0 heterocycles. The molecule has 0 aliphatic carbocycles. The van der Waals surface area contributed by atoms with Crippen LogP contribution in [0.3, 0.4) is 0 Å². The monoisotopic (exact) mass is 542 g/mol. The highest BCUT2D eigenvalue weighted by Gasteiger charge is 2.27. The Hall–Kier alpha value is -2.65. The lowest BCUT2D eigenvalue weighted by molar-refractivity contribution is -0.144.